The fourth-order valence-electron chi connectivity index (χ4n) is 2.82. The molecule has 0 unspecified atom stereocenters. The number of pyridine rings is 1. The predicted molar refractivity (Wildman–Crippen MR) is 112 cm³/mol. The summed E-state index contributed by atoms with van der Waals surface area (Å²) in [5, 5.41) is 8.89. The first-order valence-corrected chi connectivity index (χ1v) is 9.04. The minimum absolute atomic E-state index is 0.134. The van der Waals surface area contributed by atoms with Crippen molar-refractivity contribution in [2.45, 2.75) is 20.3 Å². The van der Waals surface area contributed by atoms with E-state index in [0.717, 1.165) is 23.4 Å². The van der Waals surface area contributed by atoms with Crippen LogP contribution < -0.4 is 16.0 Å². The van der Waals surface area contributed by atoms with Gasteiger partial charge in [0, 0.05) is 30.2 Å². The third kappa shape index (κ3) is 4.94. The Bertz CT molecular complexity index is 1000. The van der Waals surface area contributed by atoms with E-state index in [1.165, 1.54) is 13.1 Å². The molecule has 0 spiro atoms. The van der Waals surface area contributed by atoms with E-state index in [4.69, 9.17) is 0 Å². The Kier molecular flexibility index (Phi) is 6.01. The van der Waals surface area contributed by atoms with E-state index in [2.05, 4.69) is 20.9 Å². The minimum Gasteiger partial charge on any atom is -0.354 e. The average molecular weight is 374 g/mol. The molecule has 0 aliphatic rings. The highest BCUT2D eigenvalue weighted by molar-refractivity contribution is 6.05. The van der Waals surface area contributed by atoms with Crippen LogP contribution in [-0.2, 0) is 11.2 Å². The standard InChI is InChI=1S/C22H22N4O2/c1-3-16-7-4-5-10-21(16)26-22(28)17-11-20(14-23-13-17)25-19-9-6-8-18(12-19)24-15(2)27/h4-14,25H,3H2,1-2H3,(H,24,27)(H,26,28). The maximum atomic E-state index is 12.6. The maximum absolute atomic E-state index is 12.6. The molecule has 3 N–H and O–H groups in total. The summed E-state index contributed by atoms with van der Waals surface area (Å²) in [6.07, 6.45) is 4.01. The Morgan fingerprint density at radius 1 is 0.893 bits per heavy atom. The normalized spacial score (nSPS) is 10.2. The van der Waals surface area contributed by atoms with Crippen LogP contribution in [0.1, 0.15) is 29.8 Å². The number of para-hydroxylation sites is 1. The van der Waals surface area contributed by atoms with Gasteiger partial charge in [0.15, 0.2) is 0 Å². The molecule has 0 saturated heterocycles. The Morgan fingerprint density at radius 2 is 1.68 bits per heavy atom. The second-order valence-corrected chi connectivity index (χ2v) is 6.31. The molecular formula is C22H22N4O2. The van der Waals surface area contributed by atoms with Gasteiger partial charge in [0.25, 0.3) is 5.91 Å². The van der Waals surface area contributed by atoms with E-state index in [1.54, 1.807) is 18.3 Å². The van der Waals surface area contributed by atoms with Crippen LogP contribution >= 0.6 is 0 Å². The number of carbonyl (C=O) groups is 2. The Morgan fingerprint density at radius 3 is 2.46 bits per heavy atom. The molecule has 3 rings (SSSR count). The van der Waals surface area contributed by atoms with E-state index >= 15 is 0 Å². The molecule has 6 nitrogen and oxygen atoms in total. The molecule has 142 valence electrons. The molecular weight excluding hydrogens is 352 g/mol. The van der Waals surface area contributed by atoms with Crippen molar-refractivity contribution in [1.29, 1.82) is 0 Å². The van der Waals surface area contributed by atoms with Crippen LogP contribution in [0.3, 0.4) is 0 Å². The zero-order valence-corrected chi connectivity index (χ0v) is 15.8. The SMILES string of the molecule is CCc1ccccc1NC(=O)c1cncc(Nc2cccc(NC(C)=O)c2)c1. The van der Waals surface area contributed by atoms with E-state index < -0.39 is 0 Å². The highest BCUT2D eigenvalue weighted by Gasteiger charge is 2.10. The van der Waals surface area contributed by atoms with Gasteiger partial charge in [0.05, 0.1) is 17.4 Å². The van der Waals surface area contributed by atoms with Crippen LogP contribution in [0.25, 0.3) is 0 Å². The van der Waals surface area contributed by atoms with E-state index in [1.807, 2.05) is 49.4 Å². The fourth-order valence-corrected chi connectivity index (χ4v) is 2.82. The largest absolute Gasteiger partial charge is 0.354 e. The fraction of sp³-hybridized carbons (Fsp3) is 0.136. The Balaban J connectivity index is 1.75. The first kappa shape index (κ1) is 19.1. The number of aryl methyl sites for hydroxylation is 1. The van der Waals surface area contributed by atoms with E-state index in [-0.39, 0.29) is 11.8 Å². The summed E-state index contributed by atoms with van der Waals surface area (Å²) < 4.78 is 0. The Labute approximate surface area is 164 Å². The molecule has 0 radical (unpaired) electrons. The molecule has 0 aliphatic carbocycles. The number of aromatic nitrogens is 1. The molecule has 2 amide bonds. The number of benzene rings is 2. The smallest absolute Gasteiger partial charge is 0.257 e. The quantitative estimate of drug-likeness (QED) is 0.589. The highest BCUT2D eigenvalue weighted by atomic mass is 16.2. The van der Waals surface area contributed by atoms with Gasteiger partial charge in [-0.05, 0) is 42.3 Å². The molecule has 0 aliphatic heterocycles. The van der Waals surface area contributed by atoms with Crippen molar-refractivity contribution < 1.29 is 9.59 Å². The number of anilines is 4. The van der Waals surface area contributed by atoms with Gasteiger partial charge >= 0.3 is 0 Å². The van der Waals surface area contributed by atoms with Crippen LogP contribution in [0.4, 0.5) is 22.7 Å². The molecule has 6 heteroatoms. The molecule has 0 fully saturated rings. The van der Waals surface area contributed by atoms with Gasteiger partial charge in [-0.15, -0.1) is 0 Å². The minimum atomic E-state index is -0.218. The lowest BCUT2D eigenvalue weighted by molar-refractivity contribution is -0.114. The average Bonchev–Trinajstić information content (AvgIpc) is 2.68. The molecule has 0 atom stereocenters. The van der Waals surface area contributed by atoms with Gasteiger partial charge < -0.3 is 16.0 Å². The van der Waals surface area contributed by atoms with Gasteiger partial charge in [-0.1, -0.05) is 31.2 Å². The number of hydrogen-bond donors (Lipinski definition) is 3. The monoisotopic (exact) mass is 374 g/mol. The van der Waals surface area contributed by atoms with Crippen LogP contribution in [0, 0.1) is 0 Å². The summed E-state index contributed by atoms with van der Waals surface area (Å²) in [5.74, 6) is -0.353. The molecule has 0 saturated carbocycles. The number of rotatable bonds is 6. The summed E-state index contributed by atoms with van der Waals surface area (Å²) >= 11 is 0. The number of nitrogens with one attached hydrogen (secondary N) is 3. The van der Waals surface area contributed by atoms with Gasteiger partial charge in [-0.2, -0.15) is 0 Å². The summed E-state index contributed by atoms with van der Waals surface area (Å²) in [4.78, 5) is 28.0. The van der Waals surface area contributed by atoms with Crippen molar-refractivity contribution in [3.63, 3.8) is 0 Å². The summed E-state index contributed by atoms with van der Waals surface area (Å²) in [6.45, 7) is 3.51. The zero-order chi connectivity index (χ0) is 19.9. The lowest BCUT2D eigenvalue weighted by Gasteiger charge is -2.11. The second-order valence-electron chi connectivity index (χ2n) is 6.31. The van der Waals surface area contributed by atoms with E-state index in [0.29, 0.717) is 16.9 Å². The predicted octanol–water partition coefficient (Wildman–Crippen LogP) is 4.60. The van der Waals surface area contributed by atoms with Gasteiger partial charge in [0.2, 0.25) is 5.91 Å². The van der Waals surface area contributed by atoms with Crippen LogP contribution in [-0.4, -0.2) is 16.8 Å². The number of carbonyl (C=O) groups excluding carboxylic acids is 2. The molecule has 0 bridgehead atoms. The molecule has 2 aromatic carbocycles. The van der Waals surface area contributed by atoms with Gasteiger partial charge in [-0.3, -0.25) is 14.6 Å². The van der Waals surface area contributed by atoms with Crippen molar-refractivity contribution in [3.05, 3.63) is 78.1 Å². The first-order chi connectivity index (χ1) is 13.5. The lowest BCUT2D eigenvalue weighted by Crippen LogP contribution is -2.13. The van der Waals surface area contributed by atoms with Crippen LogP contribution in [0.15, 0.2) is 67.0 Å². The van der Waals surface area contributed by atoms with E-state index in [9.17, 15) is 9.59 Å². The third-order valence-corrected chi connectivity index (χ3v) is 4.12. The third-order valence-electron chi connectivity index (χ3n) is 4.12. The van der Waals surface area contributed by atoms with Crippen LogP contribution in [0.2, 0.25) is 0 Å². The number of amides is 2. The van der Waals surface area contributed by atoms with Crippen molar-refractivity contribution in [2.75, 3.05) is 16.0 Å². The molecule has 3 aromatic rings. The van der Waals surface area contributed by atoms with Crippen LogP contribution in [0.5, 0.6) is 0 Å². The Hall–Kier alpha value is -3.67. The second kappa shape index (κ2) is 8.81. The topological polar surface area (TPSA) is 83.1 Å². The first-order valence-electron chi connectivity index (χ1n) is 9.04. The van der Waals surface area contributed by atoms with Crippen molar-refractivity contribution in [3.8, 4) is 0 Å². The van der Waals surface area contributed by atoms with Crippen molar-refractivity contribution in [2.24, 2.45) is 0 Å². The van der Waals surface area contributed by atoms with Gasteiger partial charge in [-0.25, -0.2) is 0 Å². The molecule has 28 heavy (non-hydrogen) atoms. The summed E-state index contributed by atoms with van der Waals surface area (Å²) in [7, 11) is 0. The van der Waals surface area contributed by atoms with Gasteiger partial charge in [0.1, 0.15) is 0 Å². The number of nitrogens with zero attached hydrogens (tertiary/aromatic N) is 1. The number of hydrogen-bond acceptors (Lipinski definition) is 4. The molecule has 1 aromatic heterocycles. The lowest BCUT2D eigenvalue weighted by atomic mass is 10.1. The summed E-state index contributed by atoms with van der Waals surface area (Å²) in [5.41, 5.74) is 4.48. The van der Waals surface area contributed by atoms with Crippen molar-refractivity contribution in [1.82, 2.24) is 4.98 Å². The maximum Gasteiger partial charge on any atom is 0.257 e. The summed E-state index contributed by atoms with van der Waals surface area (Å²) in [6, 6.07) is 16.8. The van der Waals surface area contributed by atoms with Crippen molar-refractivity contribution >= 4 is 34.6 Å². The zero-order valence-electron chi connectivity index (χ0n) is 15.8. The highest BCUT2D eigenvalue weighted by Crippen LogP contribution is 2.21. The molecule has 1 heterocycles.